The Kier molecular flexibility index (Phi) is 7.26. The van der Waals surface area contributed by atoms with Gasteiger partial charge in [-0.15, -0.1) is 0 Å². The predicted molar refractivity (Wildman–Crippen MR) is 113 cm³/mol. The van der Waals surface area contributed by atoms with Crippen LogP contribution < -0.4 is 5.32 Å². The summed E-state index contributed by atoms with van der Waals surface area (Å²) in [6, 6.07) is 5.45. The molecule has 0 aromatic heterocycles. The van der Waals surface area contributed by atoms with Crippen molar-refractivity contribution in [3.63, 3.8) is 0 Å². The van der Waals surface area contributed by atoms with Crippen molar-refractivity contribution in [2.45, 2.75) is 32.7 Å². The van der Waals surface area contributed by atoms with E-state index in [2.05, 4.69) is 29.0 Å². The van der Waals surface area contributed by atoms with Gasteiger partial charge in [-0.3, -0.25) is 4.90 Å². The van der Waals surface area contributed by atoms with Crippen LogP contribution >= 0.6 is 23.2 Å². The maximum Gasteiger partial charge on any atom is 0.321 e. The van der Waals surface area contributed by atoms with Crippen LogP contribution in [0.2, 0.25) is 10.0 Å². The van der Waals surface area contributed by atoms with E-state index in [0.717, 1.165) is 38.6 Å². The standard InChI is InChI=1S/C20H30Cl2N4O/c1-3-24-8-4-5-16(13-24)14-25-9-10-26(12-15(25)2)20(27)23-17-6-7-18(21)19(22)11-17/h6-7,11,15-16H,3-5,8-10,12-14H2,1-2H3,(H,23,27). The quantitative estimate of drug-likeness (QED) is 0.802. The van der Waals surface area contributed by atoms with Crippen LogP contribution in [0, 0.1) is 5.92 Å². The van der Waals surface area contributed by atoms with E-state index in [9.17, 15) is 4.79 Å². The third kappa shape index (κ3) is 5.50. The van der Waals surface area contributed by atoms with E-state index in [4.69, 9.17) is 23.2 Å². The number of nitrogens with one attached hydrogen (secondary N) is 1. The molecule has 2 unspecified atom stereocenters. The van der Waals surface area contributed by atoms with Crippen LogP contribution in [0.3, 0.4) is 0 Å². The van der Waals surface area contributed by atoms with Crippen LogP contribution in [0.4, 0.5) is 10.5 Å². The Bertz CT molecular complexity index is 657. The van der Waals surface area contributed by atoms with Crippen molar-refractivity contribution in [3.05, 3.63) is 28.2 Å². The molecule has 2 aliphatic heterocycles. The van der Waals surface area contributed by atoms with Gasteiger partial charge in [-0.25, -0.2) is 4.79 Å². The molecule has 0 spiro atoms. The number of halogens is 2. The van der Waals surface area contributed by atoms with E-state index < -0.39 is 0 Å². The van der Waals surface area contributed by atoms with Gasteiger partial charge in [0.2, 0.25) is 0 Å². The van der Waals surface area contributed by atoms with Gasteiger partial charge in [0.1, 0.15) is 0 Å². The van der Waals surface area contributed by atoms with Crippen LogP contribution in [0.25, 0.3) is 0 Å². The number of anilines is 1. The van der Waals surface area contributed by atoms with Crippen LogP contribution in [0.5, 0.6) is 0 Å². The lowest BCUT2D eigenvalue weighted by Crippen LogP contribution is -2.56. The Morgan fingerprint density at radius 1 is 1.19 bits per heavy atom. The van der Waals surface area contributed by atoms with Gasteiger partial charge in [0.05, 0.1) is 10.0 Å². The van der Waals surface area contributed by atoms with E-state index in [1.54, 1.807) is 18.2 Å². The Labute approximate surface area is 172 Å². The van der Waals surface area contributed by atoms with Crippen molar-refractivity contribution in [3.8, 4) is 0 Å². The highest BCUT2D eigenvalue weighted by atomic mass is 35.5. The number of hydrogen-bond acceptors (Lipinski definition) is 3. The fourth-order valence-corrected chi connectivity index (χ4v) is 4.44. The van der Waals surface area contributed by atoms with E-state index in [0.29, 0.717) is 21.8 Å². The highest BCUT2D eigenvalue weighted by Gasteiger charge is 2.29. The Hall–Kier alpha value is -1.01. The molecule has 0 radical (unpaired) electrons. The third-order valence-corrected chi connectivity index (χ3v) is 6.51. The topological polar surface area (TPSA) is 38.8 Å². The van der Waals surface area contributed by atoms with Gasteiger partial charge < -0.3 is 15.1 Å². The van der Waals surface area contributed by atoms with E-state index in [1.807, 2.05) is 4.90 Å². The van der Waals surface area contributed by atoms with E-state index in [1.165, 1.54) is 25.9 Å². The van der Waals surface area contributed by atoms with Crippen molar-refractivity contribution in [2.75, 3.05) is 51.1 Å². The first-order valence-corrected chi connectivity index (χ1v) is 10.7. The van der Waals surface area contributed by atoms with E-state index in [-0.39, 0.29) is 6.03 Å². The maximum atomic E-state index is 12.6. The molecule has 0 bridgehead atoms. The summed E-state index contributed by atoms with van der Waals surface area (Å²) in [4.78, 5) is 19.6. The molecule has 150 valence electrons. The van der Waals surface area contributed by atoms with Crippen molar-refractivity contribution >= 4 is 34.9 Å². The highest BCUT2D eigenvalue weighted by Crippen LogP contribution is 2.25. The maximum absolute atomic E-state index is 12.6. The summed E-state index contributed by atoms with van der Waals surface area (Å²) in [5, 5.41) is 3.86. The fourth-order valence-electron chi connectivity index (χ4n) is 4.15. The number of benzene rings is 1. The Morgan fingerprint density at radius 2 is 2.00 bits per heavy atom. The first-order valence-electron chi connectivity index (χ1n) is 9.93. The summed E-state index contributed by atoms with van der Waals surface area (Å²) in [5.74, 6) is 0.748. The Morgan fingerprint density at radius 3 is 2.70 bits per heavy atom. The molecule has 2 fully saturated rings. The number of hydrogen-bond donors (Lipinski definition) is 1. The second-order valence-corrected chi connectivity index (χ2v) is 8.56. The minimum Gasteiger partial charge on any atom is -0.322 e. The molecule has 1 N–H and O–H groups in total. The number of nitrogens with zero attached hydrogens (tertiary/aromatic N) is 3. The SMILES string of the molecule is CCN1CCCC(CN2CCN(C(=O)Nc3ccc(Cl)c(Cl)c3)CC2C)C1. The van der Waals surface area contributed by atoms with Crippen molar-refractivity contribution in [1.82, 2.24) is 14.7 Å². The largest absolute Gasteiger partial charge is 0.322 e. The van der Waals surface area contributed by atoms with Crippen molar-refractivity contribution < 1.29 is 4.79 Å². The summed E-state index contributed by atoms with van der Waals surface area (Å²) in [5.41, 5.74) is 0.673. The van der Waals surface area contributed by atoms with Gasteiger partial charge in [-0.2, -0.15) is 0 Å². The van der Waals surface area contributed by atoms with Gasteiger partial charge in [0.15, 0.2) is 0 Å². The summed E-state index contributed by atoms with van der Waals surface area (Å²) >= 11 is 12.0. The smallest absolute Gasteiger partial charge is 0.321 e. The number of likely N-dealkylation sites (tertiary alicyclic amines) is 1. The molecule has 2 atom stereocenters. The molecule has 2 amide bonds. The molecule has 1 aromatic rings. The molecule has 7 heteroatoms. The molecular weight excluding hydrogens is 383 g/mol. The average Bonchev–Trinajstić information content (AvgIpc) is 2.66. The summed E-state index contributed by atoms with van der Waals surface area (Å²) in [6.45, 7) is 11.6. The molecule has 3 rings (SSSR count). The third-order valence-electron chi connectivity index (χ3n) is 5.77. The molecule has 2 aliphatic rings. The van der Waals surface area contributed by atoms with Crippen molar-refractivity contribution in [1.29, 1.82) is 0 Å². The van der Waals surface area contributed by atoms with Crippen LogP contribution in [0.1, 0.15) is 26.7 Å². The zero-order valence-electron chi connectivity index (χ0n) is 16.3. The molecule has 0 saturated carbocycles. The molecule has 27 heavy (non-hydrogen) atoms. The minimum atomic E-state index is -0.0743. The fraction of sp³-hybridized carbons (Fsp3) is 0.650. The highest BCUT2D eigenvalue weighted by molar-refractivity contribution is 6.42. The van der Waals surface area contributed by atoms with Gasteiger partial charge in [-0.1, -0.05) is 30.1 Å². The average molecular weight is 413 g/mol. The molecule has 2 saturated heterocycles. The lowest BCUT2D eigenvalue weighted by atomic mass is 9.96. The molecular formula is C20H30Cl2N4O. The van der Waals surface area contributed by atoms with Crippen LogP contribution in [0.15, 0.2) is 18.2 Å². The second kappa shape index (κ2) is 9.46. The number of carbonyl (C=O) groups excluding carboxylic acids is 1. The minimum absolute atomic E-state index is 0.0743. The van der Waals surface area contributed by atoms with Gasteiger partial charge in [-0.05, 0) is 57.0 Å². The summed E-state index contributed by atoms with van der Waals surface area (Å²) in [6.07, 6.45) is 2.63. The van der Waals surface area contributed by atoms with Gasteiger partial charge in [0.25, 0.3) is 0 Å². The van der Waals surface area contributed by atoms with Crippen LogP contribution in [-0.2, 0) is 0 Å². The molecule has 2 heterocycles. The number of piperazine rings is 1. The monoisotopic (exact) mass is 412 g/mol. The van der Waals surface area contributed by atoms with Gasteiger partial charge >= 0.3 is 6.03 Å². The van der Waals surface area contributed by atoms with Crippen LogP contribution in [-0.4, -0.2) is 72.6 Å². The Balaban J connectivity index is 1.50. The predicted octanol–water partition coefficient (Wildman–Crippen LogP) is 4.26. The normalized spacial score (nSPS) is 24.8. The number of rotatable bonds is 4. The second-order valence-electron chi connectivity index (χ2n) is 7.75. The first-order chi connectivity index (χ1) is 13.0. The molecule has 5 nitrogen and oxygen atoms in total. The van der Waals surface area contributed by atoms with Gasteiger partial charge in [0, 0.05) is 44.5 Å². The first kappa shape index (κ1) is 20.7. The lowest BCUT2D eigenvalue weighted by molar-refractivity contribution is 0.0689. The number of piperidine rings is 1. The van der Waals surface area contributed by atoms with E-state index >= 15 is 0 Å². The summed E-state index contributed by atoms with van der Waals surface area (Å²) < 4.78 is 0. The summed E-state index contributed by atoms with van der Waals surface area (Å²) in [7, 11) is 0. The zero-order valence-corrected chi connectivity index (χ0v) is 17.8. The number of urea groups is 1. The van der Waals surface area contributed by atoms with Crippen molar-refractivity contribution in [2.24, 2.45) is 5.92 Å². The number of carbonyl (C=O) groups is 1. The number of amides is 2. The lowest BCUT2D eigenvalue weighted by Gasteiger charge is -2.42. The molecule has 0 aliphatic carbocycles. The zero-order chi connectivity index (χ0) is 19.4. The molecule has 1 aromatic carbocycles.